The summed E-state index contributed by atoms with van der Waals surface area (Å²) >= 11 is 3.48. The second-order valence-corrected chi connectivity index (χ2v) is 8.18. The summed E-state index contributed by atoms with van der Waals surface area (Å²) in [6.45, 7) is 6.78. The molecular formula is C19H28BrClN2O2. The van der Waals surface area contributed by atoms with E-state index in [0.29, 0.717) is 11.6 Å². The minimum Gasteiger partial charge on any atom is -0.491 e. The molecule has 6 heteroatoms. The average molecular weight is 432 g/mol. The van der Waals surface area contributed by atoms with Gasteiger partial charge in [-0.05, 0) is 70.2 Å². The van der Waals surface area contributed by atoms with E-state index in [-0.39, 0.29) is 24.4 Å². The van der Waals surface area contributed by atoms with Crippen molar-refractivity contribution in [2.75, 3.05) is 19.6 Å². The topological polar surface area (TPSA) is 41.6 Å². The van der Waals surface area contributed by atoms with Crippen LogP contribution >= 0.6 is 28.3 Å². The van der Waals surface area contributed by atoms with Crippen molar-refractivity contribution >= 4 is 34.2 Å². The second-order valence-electron chi connectivity index (χ2n) is 7.26. The first-order valence-corrected chi connectivity index (χ1v) is 9.80. The Morgan fingerprint density at radius 1 is 1.24 bits per heavy atom. The van der Waals surface area contributed by atoms with E-state index in [9.17, 15) is 4.79 Å². The molecule has 0 unspecified atom stereocenters. The van der Waals surface area contributed by atoms with Crippen LogP contribution in [0.3, 0.4) is 0 Å². The molecule has 1 aromatic rings. The van der Waals surface area contributed by atoms with E-state index in [4.69, 9.17) is 4.74 Å². The van der Waals surface area contributed by atoms with Crippen LogP contribution in [0.1, 0.15) is 49.9 Å². The van der Waals surface area contributed by atoms with Gasteiger partial charge >= 0.3 is 0 Å². The van der Waals surface area contributed by atoms with Gasteiger partial charge in [-0.15, -0.1) is 12.4 Å². The molecule has 1 aliphatic heterocycles. The molecule has 1 amide bonds. The maximum atomic E-state index is 12.8. The van der Waals surface area contributed by atoms with E-state index < -0.39 is 0 Å². The molecule has 2 aliphatic rings. The Hall–Kier alpha value is -0.780. The fraction of sp³-hybridized carbons (Fsp3) is 0.632. The first-order chi connectivity index (χ1) is 11.5. The van der Waals surface area contributed by atoms with E-state index in [1.54, 1.807) is 0 Å². The number of rotatable bonds is 6. The number of carbonyl (C=O) groups is 1. The van der Waals surface area contributed by atoms with Crippen molar-refractivity contribution in [2.24, 2.45) is 5.92 Å². The van der Waals surface area contributed by atoms with Crippen LogP contribution in [0.4, 0.5) is 0 Å². The van der Waals surface area contributed by atoms with Gasteiger partial charge in [-0.25, -0.2) is 0 Å². The van der Waals surface area contributed by atoms with E-state index in [0.717, 1.165) is 48.6 Å². The predicted octanol–water partition coefficient (Wildman–Crippen LogP) is 4.26. The largest absolute Gasteiger partial charge is 0.491 e. The molecular weight excluding hydrogens is 404 g/mol. The number of hydrogen-bond donors (Lipinski definition) is 1. The molecule has 0 radical (unpaired) electrons. The SMILES string of the molecule is CC(C)Oc1cc(Br)cc(C(=O)N2CCC(NCC3CC3)CC2)c1.Cl. The van der Waals surface area contributed by atoms with Gasteiger partial charge in [0.1, 0.15) is 5.75 Å². The molecule has 0 aromatic heterocycles. The van der Waals surface area contributed by atoms with Gasteiger partial charge in [0.2, 0.25) is 0 Å². The average Bonchev–Trinajstić information content (AvgIpc) is 3.36. The van der Waals surface area contributed by atoms with Crippen LogP contribution in [0.2, 0.25) is 0 Å². The highest BCUT2D eigenvalue weighted by Crippen LogP contribution is 2.28. The van der Waals surface area contributed by atoms with Crippen LogP contribution in [-0.2, 0) is 0 Å². The molecule has 140 valence electrons. The van der Waals surface area contributed by atoms with Crippen LogP contribution < -0.4 is 10.1 Å². The van der Waals surface area contributed by atoms with E-state index in [1.165, 1.54) is 12.8 Å². The number of likely N-dealkylation sites (tertiary alicyclic amines) is 1. The summed E-state index contributed by atoms with van der Waals surface area (Å²) in [5.74, 6) is 1.75. The zero-order chi connectivity index (χ0) is 17.1. The van der Waals surface area contributed by atoms with Crippen molar-refractivity contribution in [3.05, 3.63) is 28.2 Å². The Balaban J connectivity index is 0.00000225. The Kier molecular flexibility index (Phi) is 7.59. The number of halogens is 2. The van der Waals surface area contributed by atoms with Gasteiger partial charge in [0.05, 0.1) is 6.10 Å². The Morgan fingerprint density at radius 3 is 2.52 bits per heavy atom. The molecule has 1 heterocycles. The van der Waals surface area contributed by atoms with Crippen LogP contribution in [0.5, 0.6) is 5.75 Å². The highest BCUT2D eigenvalue weighted by molar-refractivity contribution is 9.10. The van der Waals surface area contributed by atoms with Crippen molar-refractivity contribution in [1.29, 1.82) is 0 Å². The highest BCUT2D eigenvalue weighted by atomic mass is 79.9. The Morgan fingerprint density at radius 2 is 1.92 bits per heavy atom. The summed E-state index contributed by atoms with van der Waals surface area (Å²) in [5, 5.41) is 3.66. The van der Waals surface area contributed by atoms with Gasteiger partial charge in [-0.1, -0.05) is 15.9 Å². The van der Waals surface area contributed by atoms with Crippen LogP contribution in [-0.4, -0.2) is 42.6 Å². The zero-order valence-corrected chi connectivity index (χ0v) is 17.4. The summed E-state index contributed by atoms with van der Waals surface area (Å²) in [5.41, 5.74) is 0.699. The first-order valence-electron chi connectivity index (χ1n) is 9.01. The number of amides is 1. The molecule has 1 aromatic carbocycles. The number of hydrogen-bond acceptors (Lipinski definition) is 3. The van der Waals surface area contributed by atoms with E-state index >= 15 is 0 Å². The molecule has 1 N–H and O–H groups in total. The molecule has 25 heavy (non-hydrogen) atoms. The van der Waals surface area contributed by atoms with E-state index in [1.807, 2.05) is 36.9 Å². The van der Waals surface area contributed by atoms with Gasteiger partial charge < -0.3 is 15.0 Å². The lowest BCUT2D eigenvalue weighted by molar-refractivity contribution is 0.0704. The smallest absolute Gasteiger partial charge is 0.254 e. The Bertz CT molecular complexity index is 585. The number of benzene rings is 1. The third kappa shape index (κ3) is 6.15. The molecule has 0 bridgehead atoms. The van der Waals surface area contributed by atoms with Crippen molar-refractivity contribution in [1.82, 2.24) is 10.2 Å². The minimum absolute atomic E-state index is 0. The molecule has 0 atom stereocenters. The summed E-state index contributed by atoms with van der Waals surface area (Å²) in [7, 11) is 0. The fourth-order valence-corrected chi connectivity index (χ4v) is 3.62. The molecule has 1 saturated heterocycles. The normalized spacial score (nSPS) is 18.2. The summed E-state index contributed by atoms with van der Waals surface area (Å²) in [6, 6.07) is 6.21. The zero-order valence-electron chi connectivity index (χ0n) is 15.0. The van der Waals surface area contributed by atoms with E-state index in [2.05, 4.69) is 21.2 Å². The second kappa shape index (κ2) is 9.24. The molecule has 3 rings (SSSR count). The number of piperidine rings is 1. The standard InChI is InChI=1S/C19H27BrN2O2.ClH/c1-13(2)24-18-10-15(9-16(20)11-18)19(23)22-7-5-17(6-8-22)21-12-14-3-4-14;/h9-11,13-14,17,21H,3-8,12H2,1-2H3;1H. The molecule has 0 spiro atoms. The van der Waals surface area contributed by atoms with Crippen LogP contribution in [0.25, 0.3) is 0 Å². The minimum atomic E-state index is 0. The number of nitrogens with zero attached hydrogens (tertiary/aromatic N) is 1. The van der Waals surface area contributed by atoms with Crippen molar-refractivity contribution in [3.63, 3.8) is 0 Å². The fourth-order valence-electron chi connectivity index (χ4n) is 3.15. The molecule has 1 aliphatic carbocycles. The monoisotopic (exact) mass is 430 g/mol. The molecule has 4 nitrogen and oxygen atoms in total. The van der Waals surface area contributed by atoms with Crippen LogP contribution in [0.15, 0.2) is 22.7 Å². The van der Waals surface area contributed by atoms with Gasteiger partial charge in [-0.2, -0.15) is 0 Å². The summed E-state index contributed by atoms with van der Waals surface area (Å²) < 4.78 is 6.62. The summed E-state index contributed by atoms with van der Waals surface area (Å²) in [4.78, 5) is 14.8. The summed E-state index contributed by atoms with van der Waals surface area (Å²) in [6.07, 6.45) is 4.95. The maximum absolute atomic E-state index is 12.8. The van der Waals surface area contributed by atoms with Crippen molar-refractivity contribution in [2.45, 2.75) is 51.7 Å². The van der Waals surface area contributed by atoms with Gasteiger partial charge in [0.25, 0.3) is 5.91 Å². The van der Waals surface area contributed by atoms with Gasteiger partial charge in [0, 0.05) is 29.2 Å². The first kappa shape index (κ1) is 20.5. The van der Waals surface area contributed by atoms with Crippen LogP contribution in [0, 0.1) is 5.92 Å². The number of nitrogens with one attached hydrogen (secondary N) is 1. The van der Waals surface area contributed by atoms with Gasteiger partial charge in [0.15, 0.2) is 0 Å². The molecule has 1 saturated carbocycles. The quantitative estimate of drug-likeness (QED) is 0.731. The highest BCUT2D eigenvalue weighted by Gasteiger charge is 2.26. The lowest BCUT2D eigenvalue weighted by atomic mass is 10.0. The molecule has 2 fully saturated rings. The maximum Gasteiger partial charge on any atom is 0.254 e. The predicted molar refractivity (Wildman–Crippen MR) is 107 cm³/mol. The van der Waals surface area contributed by atoms with Crippen molar-refractivity contribution in [3.8, 4) is 5.75 Å². The Labute approximate surface area is 165 Å². The number of carbonyl (C=O) groups excluding carboxylic acids is 1. The van der Waals surface area contributed by atoms with Crippen molar-refractivity contribution < 1.29 is 9.53 Å². The third-order valence-corrected chi connectivity index (χ3v) is 5.12. The van der Waals surface area contributed by atoms with Gasteiger partial charge in [-0.3, -0.25) is 4.79 Å². The lowest BCUT2D eigenvalue weighted by Crippen LogP contribution is -2.45. The third-order valence-electron chi connectivity index (χ3n) is 4.66. The number of ether oxygens (including phenoxy) is 1. The lowest BCUT2D eigenvalue weighted by Gasteiger charge is -2.32.